The Kier molecular flexibility index (Phi) is 4.60. The summed E-state index contributed by atoms with van der Waals surface area (Å²) in [6, 6.07) is 39.1. The van der Waals surface area contributed by atoms with Crippen LogP contribution in [0.2, 0.25) is 0 Å². The van der Waals surface area contributed by atoms with E-state index >= 15 is 0 Å². The highest BCUT2D eigenvalue weighted by Gasteiger charge is 2.16. The maximum atomic E-state index is 2.27. The summed E-state index contributed by atoms with van der Waals surface area (Å²) >= 11 is 1.94. The quantitative estimate of drug-likeness (QED) is 0.226. The average Bonchev–Trinajstić information content (AvgIpc) is 2.78. The van der Waals surface area contributed by atoms with Crippen molar-refractivity contribution in [1.82, 2.24) is 0 Å². The van der Waals surface area contributed by atoms with Gasteiger partial charge in [-0.15, -0.1) is 11.8 Å². The molecule has 0 nitrogen and oxygen atoms in total. The van der Waals surface area contributed by atoms with Gasteiger partial charge >= 0.3 is 0 Å². The standard InChI is InChI=1S/C27H20S/c1-3-11-20(12-4-1)19-28-27-25-18-10-8-16-23(25)22-15-7-9-17-24(22)26(27)21-13-5-2-6-14-21/h1-18H,19H2. The Morgan fingerprint density at radius 1 is 0.464 bits per heavy atom. The number of hydrogen-bond donors (Lipinski definition) is 0. The van der Waals surface area contributed by atoms with Crippen molar-refractivity contribution in [1.29, 1.82) is 0 Å². The van der Waals surface area contributed by atoms with Gasteiger partial charge in [0, 0.05) is 16.2 Å². The first-order valence-corrected chi connectivity index (χ1v) is 10.6. The fourth-order valence-corrected chi connectivity index (χ4v) is 5.09. The monoisotopic (exact) mass is 376 g/mol. The fourth-order valence-electron chi connectivity index (χ4n) is 3.88. The van der Waals surface area contributed by atoms with Gasteiger partial charge < -0.3 is 0 Å². The van der Waals surface area contributed by atoms with E-state index < -0.39 is 0 Å². The van der Waals surface area contributed by atoms with E-state index in [1.807, 2.05) is 11.8 Å². The lowest BCUT2D eigenvalue weighted by molar-refractivity contribution is 1.40. The van der Waals surface area contributed by atoms with Crippen molar-refractivity contribution in [2.75, 3.05) is 0 Å². The molecule has 1 heteroatoms. The van der Waals surface area contributed by atoms with E-state index in [2.05, 4.69) is 109 Å². The highest BCUT2D eigenvalue weighted by atomic mass is 32.2. The van der Waals surface area contributed by atoms with Gasteiger partial charge in [0.2, 0.25) is 0 Å². The number of benzene rings is 5. The summed E-state index contributed by atoms with van der Waals surface area (Å²) in [4.78, 5) is 1.37. The molecule has 0 aliphatic heterocycles. The first-order valence-electron chi connectivity index (χ1n) is 9.57. The lowest BCUT2D eigenvalue weighted by Gasteiger charge is -2.17. The predicted octanol–water partition coefficient (Wildman–Crippen LogP) is 7.95. The second-order valence-corrected chi connectivity index (χ2v) is 7.92. The number of rotatable bonds is 4. The molecular formula is C27H20S. The van der Waals surface area contributed by atoms with Crippen LogP contribution in [0.3, 0.4) is 0 Å². The normalized spacial score (nSPS) is 11.1. The van der Waals surface area contributed by atoms with Gasteiger partial charge in [-0.25, -0.2) is 0 Å². The third kappa shape index (κ3) is 3.08. The molecule has 0 atom stereocenters. The molecule has 0 radical (unpaired) electrons. The van der Waals surface area contributed by atoms with E-state index in [9.17, 15) is 0 Å². The summed E-state index contributed by atoms with van der Waals surface area (Å²) in [5.74, 6) is 0.961. The molecule has 0 aliphatic carbocycles. The molecule has 0 saturated carbocycles. The third-order valence-corrected chi connectivity index (χ3v) is 6.36. The molecule has 0 bridgehead atoms. The van der Waals surface area contributed by atoms with Crippen molar-refractivity contribution in [2.45, 2.75) is 10.6 Å². The molecule has 0 N–H and O–H groups in total. The number of fused-ring (bicyclic) bond motifs is 3. The topological polar surface area (TPSA) is 0 Å². The van der Waals surface area contributed by atoms with Crippen LogP contribution in [-0.2, 0) is 5.75 Å². The predicted molar refractivity (Wildman–Crippen MR) is 123 cm³/mol. The molecule has 0 heterocycles. The SMILES string of the molecule is c1ccc(CSc2c(-c3ccccc3)c3ccccc3c3ccccc23)cc1. The average molecular weight is 377 g/mol. The first-order chi connectivity index (χ1) is 13.9. The Labute approximate surface area is 169 Å². The highest BCUT2D eigenvalue weighted by Crippen LogP contribution is 2.44. The van der Waals surface area contributed by atoms with E-state index in [1.165, 1.54) is 43.1 Å². The Hall–Kier alpha value is -3.03. The fraction of sp³-hybridized carbons (Fsp3) is 0.0370. The Morgan fingerprint density at radius 3 is 1.64 bits per heavy atom. The summed E-state index contributed by atoms with van der Waals surface area (Å²) in [7, 11) is 0. The van der Waals surface area contributed by atoms with Gasteiger partial charge in [0.25, 0.3) is 0 Å². The molecule has 28 heavy (non-hydrogen) atoms. The summed E-state index contributed by atoms with van der Waals surface area (Å²) in [5.41, 5.74) is 3.97. The number of thioether (sulfide) groups is 1. The molecule has 0 spiro atoms. The zero-order valence-corrected chi connectivity index (χ0v) is 16.3. The summed E-state index contributed by atoms with van der Waals surface area (Å²) in [6.07, 6.45) is 0. The largest absolute Gasteiger partial charge is 0.120 e. The van der Waals surface area contributed by atoms with Crippen LogP contribution < -0.4 is 0 Å². The van der Waals surface area contributed by atoms with Crippen LogP contribution >= 0.6 is 11.8 Å². The van der Waals surface area contributed by atoms with Gasteiger partial charge in [-0.1, -0.05) is 109 Å². The minimum Gasteiger partial charge on any atom is -0.120 e. The minimum absolute atomic E-state index is 0.961. The summed E-state index contributed by atoms with van der Waals surface area (Å²) in [6.45, 7) is 0. The van der Waals surface area contributed by atoms with Crippen LogP contribution in [0.15, 0.2) is 114 Å². The Morgan fingerprint density at radius 2 is 0.964 bits per heavy atom. The van der Waals surface area contributed by atoms with Crippen molar-refractivity contribution < 1.29 is 0 Å². The summed E-state index contributed by atoms with van der Waals surface area (Å²) in [5, 5.41) is 5.30. The van der Waals surface area contributed by atoms with Gasteiger partial charge in [0.05, 0.1) is 0 Å². The van der Waals surface area contributed by atoms with Crippen LogP contribution in [0, 0.1) is 0 Å². The van der Waals surface area contributed by atoms with Crippen LogP contribution in [0.4, 0.5) is 0 Å². The van der Waals surface area contributed by atoms with E-state index in [0.29, 0.717) is 0 Å². The van der Waals surface area contributed by atoms with Crippen molar-refractivity contribution in [3.63, 3.8) is 0 Å². The van der Waals surface area contributed by atoms with Gasteiger partial charge in [-0.3, -0.25) is 0 Å². The molecule has 5 rings (SSSR count). The zero-order valence-electron chi connectivity index (χ0n) is 15.5. The molecule has 0 aromatic heterocycles. The van der Waals surface area contributed by atoms with Gasteiger partial charge in [-0.05, 0) is 32.7 Å². The molecule has 0 unspecified atom stereocenters. The molecule has 0 saturated heterocycles. The molecule has 0 amide bonds. The zero-order chi connectivity index (χ0) is 18.8. The van der Waals surface area contributed by atoms with Crippen LogP contribution in [-0.4, -0.2) is 0 Å². The van der Waals surface area contributed by atoms with Crippen molar-refractivity contribution >= 4 is 33.3 Å². The second-order valence-electron chi connectivity index (χ2n) is 6.94. The molecule has 0 fully saturated rings. The lowest BCUT2D eigenvalue weighted by Crippen LogP contribution is -1.90. The van der Waals surface area contributed by atoms with Crippen molar-refractivity contribution in [2.24, 2.45) is 0 Å². The van der Waals surface area contributed by atoms with Gasteiger partial charge in [0.15, 0.2) is 0 Å². The maximum Gasteiger partial charge on any atom is 0.0239 e. The number of hydrogen-bond acceptors (Lipinski definition) is 1. The van der Waals surface area contributed by atoms with Crippen molar-refractivity contribution in [3.8, 4) is 11.1 Å². The molecule has 0 aliphatic rings. The van der Waals surface area contributed by atoms with E-state index in [0.717, 1.165) is 5.75 Å². The molecule has 5 aromatic carbocycles. The second kappa shape index (κ2) is 7.53. The molecule has 5 aromatic rings. The smallest absolute Gasteiger partial charge is 0.0239 e. The van der Waals surface area contributed by atoms with Crippen molar-refractivity contribution in [3.05, 3.63) is 115 Å². The van der Waals surface area contributed by atoms with Crippen LogP contribution in [0.5, 0.6) is 0 Å². The first kappa shape index (κ1) is 17.1. The van der Waals surface area contributed by atoms with Gasteiger partial charge in [-0.2, -0.15) is 0 Å². The third-order valence-electron chi connectivity index (χ3n) is 5.17. The van der Waals surface area contributed by atoms with Crippen LogP contribution in [0.25, 0.3) is 32.7 Å². The van der Waals surface area contributed by atoms with Gasteiger partial charge in [0.1, 0.15) is 0 Å². The minimum atomic E-state index is 0.961. The summed E-state index contributed by atoms with van der Waals surface area (Å²) < 4.78 is 0. The Bertz CT molecular complexity index is 1240. The van der Waals surface area contributed by atoms with E-state index in [4.69, 9.17) is 0 Å². The highest BCUT2D eigenvalue weighted by molar-refractivity contribution is 7.99. The maximum absolute atomic E-state index is 2.27. The lowest BCUT2D eigenvalue weighted by atomic mass is 9.93. The molecule has 134 valence electrons. The van der Waals surface area contributed by atoms with E-state index in [1.54, 1.807) is 0 Å². The Balaban J connectivity index is 1.80. The van der Waals surface area contributed by atoms with Crippen LogP contribution in [0.1, 0.15) is 5.56 Å². The van der Waals surface area contributed by atoms with E-state index in [-0.39, 0.29) is 0 Å². The molecular weight excluding hydrogens is 356 g/mol.